The highest BCUT2D eigenvalue weighted by molar-refractivity contribution is 14.0. The molecule has 9 heteroatoms. The van der Waals surface area contributed by atoms with Gasteiger partial charge in [0.1, 0.15) is 0 Å². The Kier molecular flexibility index (Phi) is 11.3. The minimum absolute atomic E-state index is 0. The van der Waals surface area contributed by atoms with Crippen LogP contribution >= 0.6 is 24.0 Å². The monoisotopic (exact) mass is 496 g/mol. The van der Waals surface area contributed by atoms with Crippen LogP contribution in [0.1, 0.15) is 26.7 Å². The molecule has 0 saturated carbocycles. The fourth-order valence-corrected chi connectivity index (χ4v) is 3.43. The van der Waals surface area contributed by atoms with Crippen molar-refractivity contribution in [3.05, 3.63) is 0 Å². The van der Waals surface area contributed by atoms with Crippen LogP contribution in [0.25, 0.3) is 0 Å². The molecule has 8 nitrogen and oxygen atoms in total. The number of hydrogen-bond acceptors (Lipinski definition) is 5. The van der Waals surface area contributed by atoms with Gasteiger partial charge in [0.15, 0.2) is 5.96 Å². The van der Waals surface area contributed by atoms with Crippen molar-refractivity contribution in [2.75, 3.05) is 66.5 Å². The molecule has 27 heavy (non-hydrogen) atoms. The van der Waals surface area contributed by atoms with Gasteiger partial charge >= 0.3 is 6.09 Å². The summed E-state index contributed by atoms with van der Waals surface area (Å²) in [6, 6.07) is 0.792. The highest BCUT2D eigenvalue weighted by Gasteiger charge is 2.25. The van der Waals surface area contributed by atoms with Gasteiger partial charge in [-0.15, -0.1) is 24.0 Å². The molecule has 1 amide bonds. The minimum atomic E-state index is -0.198. The number of piperazine rings is 1. The number of piperidine rings is 1. The maximum atomic E-state index is 11.8. The van der Waals surface area contributed by atoms with Gasteiger partial charge in [-0.05, 0) is 40.8 Å². The Hall–Kier alpha value is -0.810. The largest absolute Gasteiger partial charge is 0.450 e. The summed E-state index contributed by atoms with van der Waals surface area (Å²) >= 11 is 0. The fraction of sp³-hybridized carbons (Fsp3) is 0.889. The summed E-state index contributed by atoms with van der Waals surface area (Å²) in [7, 11) is 4.35. The van der Waals surface area contributed by atoms with Crippen molar-refractivity contribution in [1.82, 2.24) is 25.3 Å². The molecule has 0 bridgehead atoms. The zero-order chi connectivity index (χ0) is 18.9. The lowest BCUT2D eigenvalue weighted by Crippen LogP contribution is -2.52. The lowest BCUT2D eigenvalue weighted by atomic mass is 10.1. The Labute approximate surface area is 181 Å². The Morgan fingerprint density at radius 2 is 1.85 bits per heavy atom. The summed E-state index contributed by atoms with van der Waals surface area (Å²) in [5, 5.41) is 6.89. The van der Waals surface area contributed by atoms with Gasteiger partial charge in [0.05, 0.1) is 13.2 Å². The number of nitrogens with zero attached hydrogens (tertiary/aromatic N) is 4. The number of ether oxygens (including phenoxy) is 1. The third kappa shape index (κ3) is 7.98. The van der Waals surface area contributed by atoms with Crippen molar-refractivity contribution in [2.24, 2.45) is 4.99 Å². The predicted octanol–water partition coefficient (Wildman–Crippen LogP) is 1.03. The molecular weight excluding hydrogens is 459 g/mol. The molecule has 0 aromatic carbocycles. The number of nitrogens with one attached hydrogen (secondary N) is 2. The number of likely N-dealkylation sites (N-methyl/N-ethyl adjacent to an activating group) is 2. The smallest absolute Gasteiger partial charge is 0.409 e. The number of hydrogen-bond donors (Lipinski definition) is 2. The SMILES string of the molecule is CCNC(=NCC1CN(C)CCN1C)NC1CCN(C(=O)OCC)CC1.I. The van der Waals surface area contributed by atoms with E-state index < -0.39 is 0 Å². The standard InChI is InChI=1S/C18H36N6O2.HI/c1-5-19-17(20-13-16-14-22(3)11-12-23(16)4)21-15-7-9-24(10-8-15)18(25)26-6-2;/h15-16H,5-14H2,1-4H3,(H2,19,20,21);1H. The van der Waals surface area contributed by atoms with E-state index in [0.29, 0.717) is 18.7 Å². The Morgan fingerprint density at radius 3 is 2.48 bits per heavy atom. The van der Waals surface area contributed by atoms with Crippen molar-refractivity contribution >= 4 is 36.0 Å². The van der Waals surface area contributed by atoms with Gasteiger partial charge in [-0.1, -0.05) is 0 Å². The van der Waals surface area contributed by atoms with E-state index in [1.54, 1.807) is 4.90 Å². The lowest BCUT2D eigenvalue weighted by Gasteiger charge is -2.37. The highest BCUT2D eigenvalue weighted by atomic mass is 127. The second kappa shape index (κ2) is 12.6. The van der Waals surface area contributed by atoms with Crippen molar-refractivity contribution in [2.45, 2.75) is 38.8 Å². The first-order chi connectivity index (χ1) is 12.5. The van der Waals surface area contributed by atoms with Crippen molar-refractivity contribution in [3.8, 4) is 0 Å². The molecule has 0 spiro atoms. The summed E-state index contributed by atoms with van der Waals surface area (Å²) in [5.74, 6) is 0.878. The first-order valence-corrected chi connectivity index (χ1v) is 9.88. The first kappa shape index (κ1) is 24.2. The van der Waals surface area contributed by atoms with Gasteiger partial charge in [-0.25, -0.2) is 4.79 Å². The molecule has 2 fully saturated rings. The first-order valence-electron chi connectivity index (χ1n) is 9.88. The van der Waals surface area contributed by atoms with Crippen molar-refractivity contribution in [1.29, 1.82) is 0 Å². The quantitative estimate of drug-likeness (QED) is 0.337. The van der Waals surface area contributed by atoms with Crippen molar-refractivity contribution < 1.29 is 9.53 Å². The fourth-order valence-electron chi connectivity index (χ4n) is 3.43. The number of carbonyl (C=O) groups excluding carboxylic acids is 1. The average Bonchev–Trinajstić information content (AvgIpc) is 2.63. The Bertz CT molecular complexity index is 471. The van der Waals surface area contributed by atoms with Crippen LogP contribution in [0.3, 0.4) is 0 Å². The lowest BCUT2D eigenvalue weighted by molar-refractivity contribution is 0.0962. The van der Waals surface area contributed by atoms with Crippen LogP contribution in [0.2, 0.25) is 0 Å². The second-order valence-corrected chi connectivity index (χ2v) is 7.22. The van der Waals surface area contributed by atoms with Crippen LogP contribution in [-0.2, 0) is 4.74 Å². The Morgan fingerprint density at radius 1 is 1.15 bits per heavy atom. The van der Waals surface area contributed by atoms with Gasteiger partial charge < -0.3 is 25.2 Å². The molecule has 0 radical (unpaired) electrons. The van der Waals surface area contributed by atoms with E-state index in [-0.39, 0.29) is 30.1 Å². The zero-order valence-electron chi connectivity index (χ0n) is 17.2. The van der Waals surface area contributed by atoms with E-state index in [9.17, 15) is 4.79 Å². The van der Waals surface area contributed by atoms with Gasteiger partial charge in [0.2, 0.25) is 0 Å². The molecule has 0 aliphatic carbocycles. The number of likely N-dealkylation sites (tertiary alicyclic amines) is 1. The normalized spacial score (nSPS) is 22.9. The van der Waals surface area contributed by atoms with Crippen LogP contribution < -0.4 is 10.6 Å². The van der Waals surface area contributed by atoms with E-state index >= 15 is 0 Å². The topological polar surface area (TPSA) is 72.4 Å². The number of amides is 1. The van der Waals surface area contributed by atoms with E-state index in [1.165, 1.54) is 0 Å². The van der Waals surface area contributed by atoms with Gasteiger partial charge in [0.25, 0.3) is 0 Å². The molecular formula is C18H37IN6O2. The summed E-state index contributed by atoms with van der Waals surface area (Å²) in [6.07, 6.45) is 1.63. The van der Waals surface area contributed by atoms with Gasteiger partial charge in [-0.2, -0.15) is 0 Å². The summed E-state index contributed by atoms with van der Waals surface area (Å²) < 4.78 is 5.08. The van der Waals surface area contributed by atoms with E-state index in [1.807, 2.05) is 6.92 Å². The molecule has 1 atom stereocenters. The molecule has 1 unspecified atom stereocenters. The number of halogens is 1. The highest BCUT2D eigenvalue weighted by Crippen LogP contribution is 2.12. The van der Waals surface area contributed by atoms with E-state index in [0.717, 1.165) is 64.6 Å². The van der Waals surface area contributed by atoms with Crippen LogP contribution in [0, 0.1) is 0 Å². The molecule has 2 rings (SSSR count). The molecule has 2 aliphatic rings. The number of rotatable bonds is 5. The molecule has 2 heterocycles. The van der Waals surface area contributed by atoms with E-state index in [2.05, 4.69) is 41.5 Å². The van der Waals surface area contributed by atoms with Crippen molar-refractivity contribution in [3.63, 3.8) is 0 Å². The van der Waals surface area contributed by atoms with Gasteiger partial charge in [0, 0.05) is 51.4 Å². The summed E-state index contributed by atoms with van der Waals surface area (Å²) in [6.45, 7) is 10.7. The zero-order valence-corrected chi connectivity index (χ0v) is 19.6. The van der Waals surface area contributed by atoms with Crippen LogP contribution in [0.15, 0.2) is 4.99 Å². The molecule has 158 valence electrons. The maximum absolute atomic E-state index is 11.8. The number of carbonyl (C=O) groups is 1. The summed E-state index contributed by atoms with van der Waals surface area (Å²) in [5.41, 5.74) is 0. The van der Waals surface area contributed by atoms with Crippen LogP contribution in [0.4, 0.5) is 4.79 Å². The Balaban J connectivity index is 0.00000364. The van der Waals surface area contributed by atoms with E-state index in [4.69, 9.17) is 9.73 Å². The predicted molar refractivity (Wildman–Crippen MR) is 120 cm³/mol. The third-order valence-corrected chi connectivity index (χ3v) is 5.15. The number of guanidine groups is 1. The third-order valence-electron chi connectivity index (χ3n) is 5.15. The summed E-state index contributed by atoms with van der Waals surface area (Å²) in [4.78, 5) is 23.2. The number of aliphatic imine (C=N–C) groups is 1. The molecule has 2 aliphatic heterocycles. The minimum Gasteiger partial charge on any atom is -0.450 e. The second-order valence-electron chi connectivity index (χ2n) is 7.22. The molecule has 0 aromatic heterocycles. The van der Waals surface area contributed by atoms with Crippen LogP contribution in [0.5, 0.6) is 0 Å². The molecule has 2 N–H and O–H groups in total. The maximum Gasteiger partial charge on any atom is 0.409 e. The van der Waals surface area contributed by atoms with Gasteiger partial charge in [-0.3, -0.25) is 9.89 Å². The average molecular weight is 496 g/mol. The molecule has 2 saturated heterocycles. The molecule has 0 aromatic rings. The van der Waals surface area contributed by atoms with Crippen LogP contribution in [-0.4, -0.2) is 105 Å².